The lowest BCUT2D eigenvalue weighted by Gasteiger charge is -2.23. The molecular formula is C10H15NO3. The Labute approximate surface area is 83.2 Å². The molecule has 2 saturated heterocycles. The minimum absolute atomic E-state index is 0.0467. The average molecular weight is 197 g/mol. The van der Waals surface area contributed by atoms with Gasteiger partial charge >= 0.3 is 0 Å². The van der Waals surface area contributed by atoms with Crippen LogP contribution in [-0.2, 0) is 14.3 Å². The molecule has 4 heteroatoms. The molecule has 0 aromatic rings. The van der Waals surface area contributed by atoms with Gasteiger partial charge in [0, 0.05) is 12.5 Å². The predicted octanol–water partition coefficient (Wildman–Crippen LogP) is 0.210. The minimum atomic E-state index is -0.278. The number of ether oxygens (including phenoxy) is 1. The lowest BCUT2D eigenvalue weighted by molar-refractivity contribution is -0.125. The Morgan fingerprint density at radius 3 is 2.71 bits per heavy atom. The zero-order valence-corrected chi connectivity index (χ0v) is 8.47. The Hall–Kier alpha value is -0.900. The van der Waals surface area contributed by atoms with Crippen molar-refractivity contribution < 1.29 is 14.3 Å². The van der Waals surface area contributed by atoms with E-state index in [2.05, 4.69) is 0 Å². The summed E-state index contributed by atoms with van der Waals surface area (Å²) in [4.78, 5) is 23.1. The van der Waals surface area contributed by atoms with Gasteiger partial charge in [-0.05, 0) is 20.3 Å². The Kier molecular flexibility index (Phi) is 2.10. The van der Waals surface area contributed by atoms with Crippen molar-refractivity contribution in [2.75, 3.05) is 6.54 Å². The third kappa shape index (κ3) is 1.34. The molecular weight excluding hydrogens is 182 g/mol. The Balaban J connectivity index is 2.17. The van der Waals surface area contributed by atoms with Gasteiger partial charge in [-0.2, -0.15) is 0 Å². The van der Waals surface area contributed by atoms with Gasteiger partial charge in [0.1, 0.15) is 6.29 Å². The van der Waals surface area contributed by atoms with Gasteiger partial charge in [-0.25, -0.2) is 0 Å². The highest BCUT2D eigenvalue weighted by molar-refractivity contribution is 5.66. The second-order valence-electron chi connectivity index (χ2n) is 4.71. The first-order valence-electron chi connectivity index (χ1n) is 4.91. The Morgan fingerprint density at radius 2 is 2.14 bits per heavy atom. The third-order valence-corrected chi connectivity index (χ3v) is 3.16. The van der Waals surface area contributed by atoms with E-state index in [-0.39, 0.29) is 23.7 Å². The van der Waals surface area contributed by atoms with Crippen molar-refractivity contribution in [3.05, 3.63) is 0 Å². The minimum Gasteiger partial charge on any atom is -0.370 e. The molecule has 1 amide bonds. The molecule has 14 heavy (non-hydrogen) atoms. The van der Waals surface area contributed by atoms with E-state index in [9.17, 15) is 9.59 Å². The molecule has 2 aliphatic heterocycles. The van der Waals surface area contributed by atoms with Gasteiger partial charge in [0.25, 0.3) is 0 Å². The van der Waals surface area contributed by atoms with E-state index in [0.29, 0.717) is 6.54 Å². The maximum Gasteiger partial charge on any atom is 0.210 e. The predicted molar refractivity (Wildman–Crippen MR) is 49.7 cm³/mol. The topological polar surface area (TPSA) is 46.6 Å². The molecule has 2 aliphatic rings. The van der Waals surface area contributed by atoms with Crippen molar-refractivity contribution >= 4 is 12.7 Å². The first-order valence-corrected chi connectivity index (χ1v) is 4.91. The maximum atomic E-state index is 10.9. The van der Waals surface area contributed by atoms with Gasteiger partial charge in [-0.3, -0.25) is 4.79 Å². The second kappa shape index (κ2) is 3.05. The van der Waals surface area contributed by atoms with Crippen molar-refractivity contribution in [3.8, 4) is 0 Å². The molecule has 4 nitrogen and oxygen atoms in total. The summed E-state index contributed by atoms with van der Waals surface area (Å²) in [6.45, 7) is 4.61. The molecule has 0 radical (unpaired) electrons. The fourth-order valence-corrected chi connectivity index (χ4v) is 2.63. The SMILES string of the molecule is CC1(C)C[C@H]2[C@H](CN(C=O)[C@@H]2C=O)O1. The van der Waals surface area contributed by atoms with E-state index < -0.39 is 0 Å². The van der Waals surface area contributed by atoms with Crippen molar-refractivity contribution in [3.63, 3.8) is 0 Å². The number of rotatable bonds is 2. The smallest absolute Gasteiger partial charge is 0.210 e. The fraction of sp³-hybridized carbons (Fsp3) is 0.800. The third-order valence-electron chi connectivity index (χ3n) is 3.16. The number of hydrogen-bond acceptors (Lipinski definition) is 3. The summed E-state index contributed by atoms with van der Waals surface area (Å²) >= 11 is 0. The molecule has 2 fully saturated rings. The van der Waals surface area contributed by atoms with Crippen molar-refractivity contribution in [1.29, 1.82) is 0 Å². The fourth-order valence-electron chi connectivity index (χ4n) is 2.63. The molecule has 0 bridgehead atoms. The highest BCUT2D eigenvalue weighted by Gasteiger charge is 2.50. The van der Waals surface area contributed by atoms with E-state index in [0.717, 1.165) is 19.1 Å². The highest BCUT2D eigenvalue weighted by atomic mass is 16.5. The molecule has 78 valence electrons. The summed E-state index contributed by atoms with van der Waals surface area (Å²) in [7, 11) is 0. The Bertz CT molecular complexity index is 264. The number of likely N-dealkylation sites (tertiary alicyclic amines) is 1. The van der Waals surface area contributed by atoms with Crippen molar-refractivity contribution in [2.24, 2.45) is 5.92 Å². The number of nitrogens with zero attached hydrogens (tertiary/aromatic N) is 1. The summed E-state index contributed by atoms with van der Waals surface area (Å²) in [5.74, 6) is 0.188. The van der Waals surface area contributed by atoms with Crippen LogP contribution >= 0.6 is 0 Å². The van der Waals surface area contributed by atoms with Crippen LogP contribution in [0.1, 0.15) is 20.3 Å². The van der Waals surface area contributed by atoms with E-state index >= 15 is 0 Å². The standard InChI is InChI=1S/C10H15NO3/c1-10(2)3-7-8(5-12)11(6-13)4-9(7)14-10/h5-9H,3-4H2,1-2H3/t7-,8-,9+/m1/s1. The van der Waals surface area contributed by atoms with E-state index in [1.165, 1.54) is 4.90 Å². The Morgan fingerprint density at radius 1 is 1.43 bits per heavy atom. The van der Waals surface area contributed by atoms with Gasteiger partial charge in [0.05, 0.1) is 17.7 Å². The van der Waals surface area contributed by atoms with Crippen LogP contribution in [0.3, 0.4) is 0 Å². The number of amides is 1. The molecule has 0 unspecified atom stereocenters. The van der Waals surface area contributed by atoms with Gasteiger partial charge in [0.2, 0.25) is 6.41 Å². The number of carbonyl (C=O) groups excluding carboxylic acids is 2. The van der Waals surface area contributed by atoms with Crippen LogP contribution in [0.2, 0.25) is 0 Å². The second-order valence-corrected chi connectivity index (χ2v) is 4.71. The molecule has 0 aromatic carbocycles. The molecule has 3 atom stereocenters. The van der Waals surface area contributed by atoms with Crippen LogP contribution in [0.25, 0.3) is 0 Å². The number of aldehydes is 1. The van der Waals surface area contributed by atoms with Crippen LogP contribution in [-0.4, -0.2) is 41.9 Å². The molecule has 0 saturated carbocycles. The van der Waals surface area contributed by atoms with Crippen LogP contribution in [0.15, 0.2) is 0 Å². The summed E-state index contributed by atoms with van der Waals surface area (Å²) in [6.07, 6.45) is 2.51. The summed E-state index contributed by atoms with van der Waals surface area (Å²) < 4.78 is 5.78. The van der Waals surface area contributed by atoms with E-state index in [4.69, 9.17) is 4.74 Å². The van der Waals surface area contributed by atoms with Crippen molar-refractivity contribution in [1.82, 2.24) is 4.90 Å². The average Bonchev–Trinajstić information content (AvgIpc) is 2.55. The molecule has 2 rings (SSSR count). The molecule has 0 spiro atoms. The summed E-state index contributed by atoms with van der Waals surface area (Å²) in [6, 6.07) is -0.278. The quantitative estimate of drug-likeness (QED) is 0.594. The van der Waals surface area contributed by atoms with Crippen LogP contribution in [0.4, 0.5) is 0 Å². The van der Waals surface area contributed by atoms with Crippen LogP contribution < -0.4 is 0 Å². The largest absolute Gasteiger partial charge is 0.370 e. The number of carbonyl (C=O) groups is 2. The van der Waals surface area contributed by atoms with Crippen LogP contribution in [0.5, 0.6) is 0 Å². The molecule has 2 heterocycles. The summed E-state index contributed by atoms with van der Waals surface area (Å²) in [5.41, 5.74) is -0.147. The maximum absolute atomic E-state index is 10.9. The van der Waals surface area contributed by atoms with Gasteiger partial charge in [-0.1, -0.05) is 0 Å². The van der Waals surface area contributed by atoms with Crippen LogP contribution in [0, 0.1) is 5.92 Å². The van der Waals surface area contributed by atoms with E-state index in [1.54, 1.807) is 0 Å². The number of hydrogen-bond donors (Lipinski definition) is 0. The summed E-state index contributed by atoms with van der Waals surface area (Å²) in [5, 5.41) is 0. The molecule has 0 aliphatic carbocycles. The first-order chi connectivity index (χ1) is 6.57. The molecule has 0 N–H and O–H groups in total. The van der Waals surface area contributed by atoms with Crippen molar-refractivity contribution in [2.45, 2.75) is 38.0 Å². The highest BCUT2D eigenvalue weighted by Crippen LogP contribution is 2.41. The van der Waals surface area contributed by atoms with Gasteiger partial charge in [0.15, 0.2) is 0 Å². The lowest BCUT2D eigenvalue weighted by atomic mass is 9.91. The first kappa shape index (κ1) is 9.65. The molecule has 0 aromatic heterocycles. The number of fused-ring (bicyclic) bond motifs is 1. The van der Waals surface area contributed by atoms with E-state index in [1.807, 2.05) is 13.8 Å². The lowest BCUT2D eigenvalue weighted by Crippen LogP contribution is -2.35. The zero-order valence-electron chi connectivity index (χ0n) is 8.47. The normalized spacial score (nSPS) is 39.6. The zero-order chi connectivity index (χ0) is 10.3. The monoisotopic (exact) mass is 197 g/mol. The van der Waals surface area contributed by atoms with Gasteiger partial charge < -0.3 is 14.4 Å². The van der Waals surface area contributed by atoms with Gasteiger partial charge in [-0.15, -0.1) is 0 Å².